The number of aromatic nitrogens is 1. The third-order valence-electron chi connectivity index (χ3n) is 4.77. The van der Waals surface area contributed by atoms with Gasteiger partial charge in [-0.1, -0.05) is 18.5 Å². The summed E-state index contributed by atoms with van der Waals surface area (Å²) in [6.45, 7) is 2.20. The molecule has 3 N–H and O–H groups in total. The molecule has 0 saturated heterocycles. The largest absolute Gasteiger partial charge is 0.506 e. The van der Waals surface area contributed by atoms with Crippen molar-refractivity contribution in [3.8, 4) is 5.75 Å². The molecule has 0 radical (unpaired) electrons. The van der Waals surface area contributed by atoms with E-state index in [2.05, 4.69) is 17.2 Å². The predicted octanol–water partition coefficient (Wildman–Crippen LogP) is 4.33. The van der Waals surface area contributed by atoms with Crippen molar-refractivity contribution < 1.29 is 9.90 Å². The second-order valence-corrected chi connectivity index (χ2v) is 8.24. The number of rotatable bonds is 2. The van der Waals surface area contributed by atoms with E-state index in [1.165, 1.54) is 16.2 Å². The maximum atomic E-state index is 12.6. The standard InChI is InChI=1S/C19H17ClN2O3S/c1-9-2-7-12-13(8-9)26-19-14(12)16(23)15(18(25)22-19)17(24)21-11-5-3-10(20)4-6-11/h3-6,9H,2,7-8H2,1H3,(H,21,24)(H2,22,23,25)/t9-/m0/s1. The number of aryl methyl sites for hydroxylation is 1. The highest BCUT2D eigenvalue weighted by Gasteiger charge is 2.27. The molecule has 0 aliphatic heterocycles. The zero-order valence-corrected chi connectivity index (χ0v) is 15.6. The molecule has 134 valence electrons. The number of aromatic hydroxyl groups is 1. The molecule has 0 unspecified atom stereocenters. The first-order chi connectivity index (χ1) is 12.4. The lowest BCUT2D eigenvalue weighted by atomic mass is 9.89. The van der Waals surface area contributed by atoms with Crippen molar-refractivity contribution in [2.75, 3.05) is 5.32 Å². The maximum absolute atomic E-state index is 12.6. The Morgan fingerprint density at radius 2 is 2.08 bits per heavy atom. The fourth-order valence-corrected chi connectivity index (χ4v) is 4.96. The van der Waals surface area contributed by atoms with E-state index in [9.17, 15) is 14.7 Å². The van der Waals surface area contributed by atoms with Crippen LogP contribution in [-0.4, -0.2) is 16.0 Å². The molecule has 0 saturated carbocycles. The van der Waals surface area contributed by atoms with Gasteiger partial charge in [-0.2, -0.15) is 0 Å². The Morgan fingerprint density at radius 3 is 2.81 bits per heavy atom. The Balaban J connectivity index is 1.78. The SMILES string of the molecule is C[C@H]1CCc2c(sc3[nH]c(=O)c(C(=O)Nc4ccc(Cl)cc4)c(O)c23)C1. The molecular weight excluding hydrogens is 372 g/mol. The summed E-state index contributed by atoms with van der Waals surface area (Å²) in [5, 5.41) is 14.5. The fourth-order valence-electron chi connectivity index (χ4n) is 3.42. The summed E-state index contributed by atoms with van der Waals surface area (Å²) in [6, 6.07) is 6.55. The number of thiophene rings is 1. The van der Waals surface area contributed by atoms with Crippen molar-refractivity contribution in [1.29, 1.82) is 0 Å². The minimum atomic E-state index is -0.642. The summed E-state index contributed by atoms with van der Waals surface area (Å²) in [6.07, 6.45) is 2.81. The molecule has 0 bridgehead atoms. The van der Waals surface area contributed by atoms with Crippen LogP contribution in [0.5, 0.6) is 5.75 Å². The van der Waals surface area contributed by atoms with Gasteiger partial charge >= 0.3 is 0 Å². The molecule has 1 aliphatic carbocycles. The molecule has 1 atom stereocenters. The first-order valence-electron chi connectivity index (χ1n) is 8.40. The molecule has 2 heterocycles. The van der Waals surface area contributed by atoms with Crippen LogP contribution >= 0.6 is 22.9 Å². The number of carbonyl (C=O) groups is 1. The van der Waals surface area contributed by atoms with Crippen molar-refractivity contribution in [1.82, 2.24) is 4.98 Å². The predicted molar refractivity (Wildman–Crippen MR) is 105 cm³/mol. The summed E-state index contributed by atoms with van der Waals surface area (Å²) in [4.78, 5) is 29.6. The highest BCUT2D eigenvalue weighted by Crippen LogP contribution is 2.41. The molecule has 0 fully saturated rings. The molecule has 1 aliphatic rings. The number of H-pyrrole nitrogens is 1. The van der Waals surface area contributed by atoms with E-state index in [4.69, 9.17) is 11.6 Å². The van der Waals surface area contributed by atoms with Crippen LogP contribution < -0.4 is 10.9 Å². The van der Waals surface area contributed by atoms with Gasteiger partial charge in [0.1, 0.15) is 16.1 Å². The van der Waals surface area contributed by atoms with E-state index in [0.717, 1.165) is 24.8 Å². The van der Waals surface area contributed by atoms with Crippen LogP contribution in [-0.2, 0) is 12.8 Å². The average Bonchev–Trinajstić information content (AvgIpc) is 2.94. The Bertz CT molecular complexity index is 1070. The lowest BCUT2D eigenvalue weighted by molar-refractivity contribution is 0.102. The maximum Gasteiger partial charge on any atom is 0.265 e. The number of amides is 1. The molecule has 2 aromatic heterocycles. The molecule has 0 spiro atoms. The number of pyridine rings is 1. The lowest BCUT2D eigenvalue weighted by Gasteiger charge is -2.18. The van der Waals surface area contributed by atoms with E-state index in [0.29, 0.717) is 26.8 Å². The Labute approximate surface area is 158 Å². The van der Waals surface area contributed by atoms with Gasteiger partial charge in [-0.05, 0) is 55.0 Å². The highest BCUT2D eigenvalue weighted by molar-refractivity contribution is 7.18. The zero-order valence-electron chi connectivity index (χ0n) is 14.1. The summed E-state index contributed by atoms with van der Waals surface area (Å²) in [5.74, 6) is -0.295. The average molecular weight is 389 g/mol. The van der Waals surface area contributed by atoms with Crippen LogP contribution in [0.25, 0.3) is 10.2 Å². The van der Waals surface area contributed by atoms with Gasteiger partial charge in [0, 0.05) is 15.6 Å². The summed E-state index contributed by atoms with van der Waals surface area (Å²) in [7, 11) is 0. The van der Waals surface area contributed by atoms with Crippen LogP contribution in [0, 0.1) is 5.92 Å². The van der Waals surface area contributed by atoms with Gasteiger partial charge in [0.15, 0.2) is 0 Å². The summed E-state index contributed by atoms with van der Waals surface area (Å²) < 4.78 is 0. The van der Waals surface area contributed by atoms with Gasteiger partial charge < -0.3 is 15.4 Å². The van der Waals surface area contributed by atoms with Gasteiger partial charge in [-0.3, -0.25) is 9.59 Å². The molecule has 1 amide bonds. The fraction of sp³-hybridized carbons (Fsp3) is 0.263. The van der Waals surface area contributed by atoms with Crippen LogP contribution in [0.4, 0.5) is 5.69 Å². The monoisotopic (exact) mass is 388 g/mol. The second-order valence-electron chi connectivity index (χ2n) is 6.69. The number of aromatic amines is 1. The van der Waals surface area contributed by atoms with E-state index >= 15 is 0 Å². The van der Waals surface area contributed by atoms with Gasteiger partial charge in [0.25, 0.3) is 11.5 Å². The molecule has 7 heteroatoms. The third-order valence-corrected chi connectivity index (χ3v) is 6.19. The minimum Gasteiger partial charge on any atom is -0.506 e. The van der Waals surface area contributed by atoms with Gasteiger partial charge in [-0.25, -0.2) is 0 Å². The van der Waals surface area contributed by atoms with Gasteiger partial charge in [-0.15, -0.1) is 11.3 Å². The Kier molecular flexibility index (Phi) is 4.25. The first-order valence-corrected chi connectivity index (χ1v) is 9.60. The Morgan fingerprint density at radius 1 is 1.35 bits per heavy atom. The summed E-state index contributed by atoms with van der Waals surface area (Å²) >= 11 is 7.34. The Hall–Kier alpha value is -2.31. The molecule has 1 aromatic carbocycles. The van der Waals surface area contributed by atoms with Crippen molar-refractivity contribution in [3.63, 3.8) is 0 Å². The van der Waals surface area contributed by atoms with Crippen molar-refractivity contribution in [2.45, 2.75) is 26.2 Å². The number of benzene rings is 1. The quantitative estimate of drug-likeness (QED) is 0.611. The first kappa shape index (κ1) is 17.1. The number of anilines is 1. The van der Waals surface area contributed by atoms with Gasteiger partial charge in [0.2, 0.25) is 0 Å². The molecule has 5 nitrogen and oxygen atoms in total. The van der Waals surface area contributed by atoms with Gasteiger partial charge in [0.05, 0.1) is 5.39 Å². The van der Waals surface area contributed by atoms with E-state index < -0.39 is 11.5 Å². The van der Waals surface area contributed by atoms with Crippen LogP contribution in [0.1, 0.15) is 34.1 Å². The van der Waals surface area contributed by atoms with E-state index in [-0.39, 0.29) is 11.3 Å². The minimum absolute atomic E-state index is 0.234. The smallest absolute Gasteiger partial charge is 0.265 e. The second kappa shape index (κ2) is 6.45. The lowest BCUT2D eigenvalue weighted by Crippen LogP contribution is -2.23. The molecule has 4 rings (SSSR count). The van der Waals surface area contributed by atoms with Crippen LogP contribution in [0.2, 0.25) is 5.02 Å². The molecular formula is C19H17ClN2O3S. The van der Waals surface area contributed by atoms with Crippen molar-refractivity contribution in [2.24, 2.45) is 5.92 Å². The molecule has 26 heavy (non-hydrogen) atoms. The number of fused-ring (bicyclic) bond motifs is 3. The van der Waals surface area contributed by atoms with E-state index in [1.807, 2.05) is 0 Å². The molecule has 3 aromatic rings. The highest BCUT2D eigenvalue weighted by atomic mass is 35.5. The van der Waals surface area contributed by atoms with Crippen LogP contribution in [0.15, 0.2) is 29.1 Å². The van der Waals surface area contributed by atoms with E-state index in [1.54, 1.807) is 24.3 Å². The van der Waals surface area contributed by atoms with Crippen molar-refractivity contribution in [3.05, 3.63) is 55.6 Å². The number of halogens is 1. The number of nitrogens with one attached hydrogen (secondary N) is 2. The van der Waals surface area contributed by atoms with Crippen molar-refractivity contribution >= 4 is 44.7 Å². The zero-order chi connectivity index (χ0) is 18.4. The normalized spacial score (nSPS) is 16.5. The third kappa shape index (κ3) is 2.89. The summed E-state index contributed by atoms with van der Waals surface area (Å²) in [5.41, 5.74) is 0.705. The van der Waals surface area contributed by atoms with Crippen LogP contribution in [0.3, 0.4) is 0 Å². The topological polar surface area (TPSA) is 82.2 Å². The number of hydrogen-bond donors (Lipinski definition) is 3. The number of hydrogen-bond acceptors (Lipinski definition) is 4. The number of carbonyl (C=O) groups excluding carboxylic acids is 1.